The van der Waals surface area contributed by atoms with Gasteiger partial charge in [0, 0.05) is 24.5 Å². The monoisotopic (exact) mass is 420 g/mol. The van der Waals surface area contributed by atoms with Crippen LogP contribution in [0.15, 0.2) is 35.3 Å². The van der Waals surface area contributed by atoms with Gasteiger partial charge >= 0.3 is 5.56 Å². The van der Waals surface area contributed by atoms with Crippen molar-refractivity contribution in [3.63, 3.8) is 0 Å². The number of nitrogens with zero attached hydrogens (tertiary/aromatic N) is 4. The maximum Gasteiger partial charge on any atom is 0.316 e. The molecule has 1 saturated heterocycles. The smallest absolute Gasteiger partial charge is 0.316 e. The maximum absolute atomic E-state index is 13.7. The molecule has 7 nitrogen and oxygen atoms in total. The van der Waals surface area contributed by atoms with Crippen LogP contribution in [0.5, 0.6) is 5.75 Å². The fourth-order valence-electron chi connectivity index (χ4n) is 3.92. The van der Waals surface area contributed by atoms with Crippen molar-refractivity contribution in [1.29, 1.82) is 0 Å². The van der Waals surface area contributed by atoms with Crippen LogP contribution in [-0.2, 0) is 11.4 Å². The first-order chi connectivity index (χ1) is 14.0. The standard InChI is InChI=1S/C20H25FN4O3S/c1-29(27)24-11-9-23(10-12-24)18-14-22-25(16-6-4-5-15(21)13-16)20(26)19(18)28-17-7-2-3-8-17/h4-6,13-14,17H,2-3,7-12H2,1H3. The highest BCUT2D eigenvalue weighted by molar-refractivity contribution is 7.88. The average molecular weight is 421 g/mol. The second-order valence-electron chi connectivity index (χ2n) is 7.42. The lowest BCUT2D eigenvalue weighted by atomic mass is 10.2. The fourth-order valence-corrected chi connectivity index (χ4v) is 4.59. The molecule has 1 aromatic heterocycles. The van der Waals surface area contributed by atoms with Crippen LogP contribution in [0, 0.1) is 5.82 Å². The lowest BCUT2D eigenvalue weighted by Gasteiger charge is -2.35. The van der Waals surface area contributed by atoms with E-state index in [9.17, 15) is 13.7 Å². The minimum Gasteiger partial charge on any atom is -0.598 e. The van der Waals surface area contributed by atoms with E-state index in [1.807, 2.05) is 4.31 Å². The Hall–Kier alpha value is -2.10. The molecule has 1 atom stereocenters. The third-order valence-electron chi connectivity index (χ3n) is 5.50. The summed E-state index contributed by atoms with van der Waals surface area (Å²) < 4.78 is 34.7. The Balaban J connectivity index is 1.69. The van der Waals surface area contributed by atoms with E-state index in [-0.39, 0.29) is 17.4 Å². The van der Waals surface area contributed by atoms with Gasteiger partial charge in [-0.25, -0.2) is 4.39 Å². The van der Waals surface area contributed by atoms with Crippen LogP contribution in [-0.4, -0.2) is 57.2 Å². The van der Waals surface area contributed by atoms with Crippen LogP contribution >= 0.6 is 0 Å². The van der Waals surface area contributed by atoms with Gasteiger partial charge in [-0.1, -0.05) is 6.07 Å². The molecule has 2 aromatic rings. The Morgan fingerprint density at radius 2 is 1.93 bits per heavy atom. The molecule has 1 unspecified atom stereocenters. The van der Waals surface area contributed by atoms with E-state index in [4.69, 9.17) is 4.74 Å². The minimum atomic E-state index is -1.01. The van der Waals surface area contributed by atoms with Gasteiger partial charge in [-0.15, -0.1) is 4.31 Å². The molecule has 2 heterocycles. The highest BCUT2D eigenvalue weighted by Gasteiger charge is 2.28. The first-order valence-electron chi connectivity index (χ1n) is 9.91. The number of aromatic nitrogens is 2. The molecule has 9 heteroatoms. The maximum atomic E-state index is 13.7. The molecule has 1 saturated carbocycles. The van der Waals surface area contributed by atoms with Crippen molar-refractivity contribution in [2.24, 2.45) is 0 Å². The second-order valence-corrected chi connectivity index (χ2v) is 8.78. The molecule has 156 valence electrons. The second kappa shape index (κ2) is 8.73. The Bertz CT molecular complexity index is 909. The zero-order chi connectivity index (χ0) is 20.4. The molecule has 0 amide bonds. The minimum absolute atomic E-state index is 0.00856. The molecule has 2 aliphatic rings. The Kier molecular flexibility index (Phi) is 6.07. The van der Waals surface area contributed by atoms with Crippen LogP contribution in [0.4, 0.5) is 10.1 Å². The van der Waals surface area contributed by atoms with E-state index in [0.29, 0.717) is 37.6 Å². The molecule has 0 N–H and O–H groups in total. The number of benzene rings is 1. The number of ether oxygens (including phenoxy) is 1. The number of piperazine rings is 1. The van der Waals surface area contributed by atoms with Gasteiger partial charge in [0.25, 0.3) is 0 Å². The first-order valence-corrected chi connectivity index (χ1v) is 11.4. The van der Waals surface area contributed by atoms with Gasteiger partial charge in [0.05, 0.1) is 31.1 Å². The van der Waals surface area contributed by atoms with E-state index >= 15 is 0 Å². The predicted octanol–water partition coefficient (Wildman–Crippen LogP) is 2.11. The van der Waals surface area contributed by atoms with Gasteiger partial charge in [-0.05, 0) is 43.9 Å². The SMILES string of the molecule is C[S+]([O-])N1CCN(c2cnn(-c3cccc(F)c3)c(=O)c2OC2CCCC2)CC1. The Morgan fingerprint density at radius 3 is 2.59 bits per heavy atom. The lowest BCUT2D eigenvalue weighted by Crippen LogP contribution is -2.49. The van der Waals surface area contributed by atoms with Crippen LogP contribution in [0.1, 0.15) is 25.7 Å². The van der Waals surface area contributed by atoms with Crippen LogP contribution < -0.4 is 15.2 Å². The predicted molar refractivity (Wildman–Crippen MR) is 111 cm³/mol. The number of hydrogen-bond acceptors (Lipinski definition) is 6. The van der Waals surface area contributed by atoms with Crippen molar-refractivity contribution in [2.45, 2.75) is 31.8 Å². The number of anilines is 1. The highest BCUT2D eigenvalue weighted by atomic mass is 32.2. The molecule has 2 fully saturated rings. The summed E-state index contributed by atoms with van der Waals surface area (Å²) in [4.78, 5) is 15.3. The lowest BCUT2D eigenvalue weighted by molar-refractivity contribution is 0.205. The molecular weight excluding hydrogens is 395 g/mol. The molecule has 1 aromatic carbocycles. The quantitative estimate of drug-likeness (QED) is 0.690. The van der Waals surface area contributed by atoms with Crippen molar-refractivity contribution in [3.05, 3.63) is 46.6 Å². The van der Waals surface area contributed by atoms with E-state index in [1.54, 1.807) is 24.6 Å². The summed E-state index contributed by atoms with van der Waals surface area (Å²) in [6, 6.07) is 5.80. The molecule has 0 bridgehead atoms. The van der Waals surface area contributed by atoms with Crippen molar-refractivity contribution in [2.75, 3.05) is 37.3 Å². The Morgan fingerprint density at radius 1 is 1.21 bits per heavy atom. The van der Waals surface area contributed by atoms with E-state index < -0.39 is 17.2 Å². The molecule has 4 rings (SSSR count). The summed E-state index contributed by atoms with van der Waals surface area (Å²) in [6.07, 6.45) is 7.32. The van der Waals surface area contributed by atoms with Crippen LogP contribution in [0.2, 0.25) is 0 Å². The fraction of sp³-hybridized carbons (Fsp3) is 0.500. The highest BCUT2D eigenvalue weighted by Crippen LogP contribution is 2.30. The van der Waals surface area contributed by atoms with E-state index in [1.165, 1.54) is 16.8 Å². The molecule has 1 aliphatic heterocycles. The third-order valence-corrected chi connectivity index (χ3v) is 6.59. The number of hydrogen-bond donors (Lipinski definition) is 0. The van der Waals surface area contributed by atoms with Crippen molar-refractivity contribution in [1.82, 2.24) is 14.1 Å². The topological polar surface area (TPSA) is 73.7 Å². The number of rotatable bonds is 5. The van der Waals surface area contributed by atoms with Crippen LogP contribution in [0.3, 0.4) is 0 Å². The molecule has 0 spiro atoms. The summed E-state index contributed by atoms with van der Waals surface area (Å²) >= 11 is -1.01. The third kappa shape index (κ3) is 4.41. The van der Waals surface area contributed by atoms with E-state index in [2.05, 4.69) is 10.00 Å². The van der Waals surface area contributed by atoms with Gasteiger partial charge in [-0.2, -0.15) is 9.78 Å². The summed E-state index contributed by atoms with van der Waals surface area (Å²) in [5.41, 5.74) is 0.626. The summed E-state index contributed by atoms with van der Waals surface area (Å²) in [7, 11) is 0. The van der Waals surface area contributed by atoms with Gasteiger partial charge in [0.2, 0.25) is 5.75 Å². The summed E-state index contributed by atoms with van der Waals surface area (Å²) in [5, 5.41) is 4.30. The summed E-state index contributed by atoms with van der Waals surface area (Å²) in [6.45, 7) is 2.54. The van der Waals surface area contributed by atoms with E-state index in [0.717, 1.165) is 25.7 Å². The summed E-state index contributed by atoms with van der Waals surface area (Å²) in [5.74, 6) is -0.163. The molecule has 29 heavy (non-hydrogen) atoms. The zero-order valence-electron chi connectivity index (χ0n) is 16.4. The molecule has 1 aliphatic carbocycles. The zero-order valence-corrected chi connectivity index (χ0v) is 17.2. The molecule has 0 radical (unpaired) electrons. The first kappa shape index (κ1) is 20.2. The van der Waals surface area contributed by atoms with Crippen molar-refractivity contribution < 1.29 is 13.7 Å². The largest absolute Gasteiger partial charge is 0.598 e. The van der Waals surface area contributed by atoms with Crippen molar-refractivity contribution in [3.8, 4) is 11.4 Å². The van der Waals surface area contributed by atoms with Gasteiger partial charge in [0.1, 0.15) is 17.8 Å². The van der Waals surface area contributed by atoms with Crippen LogP contribution in [0.25, 0.3) is 5.69 Å². The molecular formula is C20H25FN4O3S. The van der Waals surface area contributed by atoms with Gasteiger partial charge in [0.15, 0.2) is 0 Å². The Labute approximate surface area is 172 Å². The van der Waals surface area contributed by atoms with Gasteiger partial charge < -0.3 is 14.2 Å². The average Bonchev–Trinajstić information content (AvgIpc) is 3.23. The van der Waals surface area contributed by atoms with Gasteiger partial charge in [-0.3, -0.25) is 4.79 Å². The van der Waals surface area contributed by atoms with Crippen molar-refractivity contribution >= 4 is 17.0 Å². The normalized spacial score (nSPS) is 19.5. The number of halogens is 1.